The maximum Gasteiger partial charge on any atom is 0.491 e. The van der Waals surface area contributed by atoms with Gasteiger partial charge >= 0.3 is 13.2 Å². The van der Waals surface area contributed by atoms with Crippen molar-refractivity contribution in [1.82, 2.24) is 15.1 Å². The maximum absolute atomic E-state index is 12.0. The highest BCUT2D eigenvalue weighted by atomic mass is 16.6. The zero-order valence-corrected chi connectivity index (χ0v) is 13.2. The first kappa shape index (κ1) is 16.8. The highest BCUT2D eigenvalue weighted by Gasteiger charge is 2.29. The molecular weight excluding hydrogens is 287 g/mol. The molecule has 1 unspecified atom stereocenters. The summed E-state index contributed by atoms with van der Waals surface area (Å²) in [4.78, 5) is 20.0. The molecule has 1 atom stereocenters. The van der Waals surface area contributed by atoms with Crippen molar-refractivity contribution in [2.45, 2.75) is 32.7 Å². The van der Waals surface area contributed by atoms with Crippen LogP contribution in [0.1, 0.15) is 20.8 Å². The monoisotopic (exact) mass is 310 g/mol. The quantitative estimate of drug-likeness (QED) is 0.589. The van der Waals surface area contributed by atoms with Gasteiger partial charge in [0.2, 0.25) is 0 Å². The molecule has 2 aliphatic rings. The van der Waals surface area contributed by atoms with E-state index < -0.39 is 12.7 Å². The molecule has 0 aliphatic carbocycles. The summed E-state index contributed by atoms with van der Waals surface area (Å²) in [6.07, 6.45) is 2.45. The molecule has 1 fully saturated rings. The lowest BCUT2D eigenvalue weighted by Gasteiger charge is -2.38. The predicted octanol–water partition coefficient (Wildman–Crippen LogP) is -0.607. The highest BCUT2D eigenvalue weighted by molar-refractivity contribution is 6.57. The summed E-state index contributed by atoms with van der Waals surface area (Å²) in [5.41, 5.74) is -0.167. The van der Waals surface area contributed by atoms with Crippen LogP contribution in [0.3, 0.4) is 0 Å². The second kappa shape index (κ2) is 6.68. The van der Waals surface area contributed by atoms with E-state index in [1.807, 2.05) is 20.8 Å². The van der Waals surface area contributed by atoms with Gasteiger partial charge in [-0.3, -0.25) is 9.89 Å². The molecule has 2 aliphatic heterocycles. The second-order valence-corrected chi connectivity index (χ2v) is 6.34. The number of hydrogen-bond donors (Lipinski definition) is 3. The van der Waals surface area contributed by atoms with Crippen LogP contribution in [-0.2, 0) is 4.74 Å². The Morgan fingerprint density at radius 3 is 2.45 bits per heavy atom. The van der Waals surface area contributed by atoms with Crippen LogP contribution in [-0.4, -0.2) is 77.3 Å². The number of rotatable bonds is 2. The number of nitrogens with one attached hydrogen (secondary N) is 1. The Bertz CT molecular complexity index is 467. The van der Waals surface area contributed by atoms with Crippen LogP contribution in [0.4, 0.5) is 4.79 Å². The lowest BCUT2D eigenvalue weighted by Crippen LogP contribution is -2.55. The van der Waals surface area contributed by atoms with E-state index in [1.54, 1.807) is 11.1 Å². The second-order valence-electron chi connectivity index (χ2n) is 6.34. The van der Waals surface area contributed by atoms with Crippen molar-refractivity contribution in [2.24, 2.45) is 4.99 Å². The molecule has 1 amide bonds. The van der Waals surface area contributed by atoms with Gasteiger partial charge < -0.3 is 25.0 Å². The molecule has 0 bridgehead atoms. The Hall–Kier alpha value is -1.58. The number of aliphatic imine (C=N–C) groups is 1. The zero-order valence-electron chi connectivity index (χ0n) is 13.2. The molecule has 0 aromatic rings. The van der Waals surface area contributed by atoms with Gasteiger partial charge in [-0.15, -0.1) is 0 Å². The smallest absolute Gasteiger partial charge is 0.444 e. The van der Waals surface area contributed by atoms with E-state index in [0.717, 1.165) is 0 Å². The Balaban J connectivity index is 1.81. The molecule has 0 radical (unpaired) electrons. The number of ether oxygens (including phenoxy) is 1. The lowest BCUT2D eigenvalue weighted by atomic mass is 9.80. The zero-order chi connectivity index (χ0) is 16.3. The van der Waals surface area contributed by atoms with Gasteiger partial charge in [0.1, 0.15) is 5.60 Å². The van der Waals surface area contributed by atoms with Crippen molar-refractivity contribution in [1.29, 1.82) is 0 Å². The van der Waals surface area contributed by atoms with Crippen molar-refractivity contribution >= 4 is 19.4 Å². The molecule has 122 valence electrons. The molecule has 0 saturated carbocycles. The molecule has 2 rings (SSSR count). The Morgan fingerprint density at radius 2 is 2.00 bits per heavy atom. The van der Waals surface area contributed by atoms with Gasteiger partial charge in [0, 0.05) is 44.1 Å². The molecule has 22 heavy (non-hydrogen) atoms. The Labute approximate surface area is 130 Å². The van der Waals surface area contributed by atoms with E-state index in [4.69, 9.17) is 14.8 Å². The average Bonchev–Trinajstić information content (AvgIpc) is 2.46. The van der Waals surface area contributed by atoms with Crippen LogP contribution < -0.4 is 5.32 Å². The number of carbonyl (C=O) groups excluding carboxylic acids is 1. The summed E-state index contributed by atoms with van der Waals surface area (Å²) in [6, 6.07) is 0. The van der Waals surface area contributed by atoms with E-state index in [-0.39, 0.29) is 12.4 Å². The normalized spacial score (nSPS) is 22.9. The molecule has 2 heterocycles. The minimum absolute atomic E-state index is 0.247. The predicted molar refractivity (Wildman–Crippen MR) is 83.1 cm³/mol. The van der Waals surface area contributed by atoms with E-state index >= 15 is 0 Å². The molecule has 8 nitrogen and oxygen atoms in total. The van der Waals surface area contributed by atoms with Gasteiger partial charge in [-0.25, -0.2) is 4.79 Å². The van der Waals surface area contributed by atoms with Crippen molar-refractivity contribution in [3.63, 3.8) is 0 Å². The number of allylic oxidation sites excluding steroid dienone is 1. The summed E-state index contributed by atoms with van der Waals surface area (Å²) in [5.74, 6) is 0. The first-order chi connectivity index (χ1) is 10.3. The van der Waals surface area contributed by atoms with Gasteiger partial charge in [-0.2, -0.15) is 0 Å². The first-order valence-electron chi connectivity index (χ1n) is 7.34. The number of carbonyl (C=O) groups is 1. The molecule has 9 heteroatoms. The van der Waals surface area contributed by atoms with Gasteiger partial charge in [-0.05, 0) is 20.8 Å². The van der Waals surface area contributed by atoms with Crippen LogP contribution in [0.2, 0.25) is 0 Å². The topological polar surface area (TPSA) is 97.6 Å². The van der Waals surface area contributed by atoms with Gasteiger partial charge in [0.25, 0.3) is 0 Å². The Morgan fingerprint density at radius 1 is 1.36 bits per heavy atom. The largest absolute Gasteiger partial charge is 0.491 e. The number of amides is 1. The molecule has 3 N–H and O–H groups in total. The van der Waals surface area contributed by atoms with Crippen molar-refractivity contribution in [3.8, 4) is 0 Å². The van der Waals surface area contributed by atoms with Crippen molar-refractivity contribution in [2.75, 3.05) is 26.2 Å². The molecule has 1 saturated heterocycles. The van der Waals surface area contributed by atoms with Crippen LogP contribution in [0.5, 0.6) is 0 Å². The average molecular weight is 310 g/mol. The van der Waals surface area contributed by atoms with Crippen molar-refractivity contribution < 1.29 is 19.6 Å². The van der Waals surface area contributed by atoms with E-state index in [9.17, 15) is 4.79 Å². The first-order valence-corrected chi connectivity index (χ1v) is 7.34. The van der Waals surface area contributed by atoms with Crippen LogP contribution >= 0.6 is 0 Å². The molecule has 0 aromatic heterocycles. The van der Waals surface area contributed by atoms with E-state index in [1.165, 1.54) is 6.21 Å². The molecular formula is C13H23BN4O4. The fourth-order valence-electron chi connectivity index (χ4n) is 2.22. The van der Waals surface area contributed by atoms with E-state index in [2.05, 4.69) is 15.2 Å². The SMILES string of the molecule is CC(C)(C)OC(=O)N1CCN(C2N=CC(B(O)O)=CN2)CC1. The van der Waals surface area contributed by atoms with Crippen LogP contribution in [0.25, 0.3) is 0 Å². The van der Waals surface area contributed by atoms with E-state index in [0.29, 0.717) is 31.7 Å². The summed E-state index contributed by atoms with van der Waals surface area (Å²) < 4.78 is 5.36. The molecule has 0 aromatic carbocycles. The summed E-state index contributed by atoms with van der Waals surface area (Å²) >= 11 is 0. The number of nitrogens with zero attached hydrogens (tertiary/aromatic N) is 3. The fourth-order valence-corrected chi connectivity index (χ4v) is 2.22. The van der Waals surface area contributed by atoms with Crippen LogP contribution in [0, 0.1) is 0 Å². The summed E-state index contributed by atoms with van der Waals surface area (Å²) in [6.45, 7) is 8.02. The third-order valence-electron chi connectivity index (χ3n) is 3.37. The van der Waals surface area contributed by atoms with Crippen molar-refractivity contribution in [3.05, 3.63) is 11.7 Å². The summed E-state index contributed by atoms with van der Waals surface area (Å²) in [7, 11) is -1.53. The third-order valence-corrected chi connectivity index (χ3v) is 3.37. The van der Waals surface area contributed by atoms with Gasteiger partial charge in [0.15, 0.2) is 6.29 Å². The fraction of sp³-hybridized carbons (Fsp3) is 0.692. The van der Waals surface area contributed by atoms with Gasteiger partial charge in [-0.1, -0.05) is 0 Å². The minimum Gasteiger partial charge on any atom is -0.444 e. The highest BCUT2D eigenvalue weighted by Crippen LogP contribution is 2.13. The standard InChI is InChI=1S/C13H23BN4O4/c1-13(2,3)22-12(19)18-6-4-17(5-7-18)11-15-8-10(9-16-11)14(20)21/h8-9,11,15,20-21H,4-7H2,1-3H3. The number of hydrogen-bond acceptors (Lipinski definition) is 7. The number of piperazine rings is 1. The summed E-state index contributed by atoms with van der Waals surface area (Å²) in [5, 5.41) is 21.1. The maximum atomic E-state index is 12.0. The minimum atomic E-state index is -1.53. The lowest BCUT2D eigenvalue weighted by molar-refractivity contribution is 0.00957. The van der Waals surface area contributed by atoms with Crippen LogP contribution in [0.15, 0.2) is 16.7 Å². The Kier molecular flexibility index (Phi) is 5.10. The third kappa shape index (κ3) is 4.46. The van der Waals surface area contributed by atoms with Gasteiger partial charge in [0.05, 0.1) is 0 Å². The molecule has 0 spiro atoms.